The summed E-state index contributed by atoms with van der Waals surface area (Å²) in [4.78, 5) is 29.3. The number of benzene rings is 3. The molecule has 0 unspecified atom stereocenters. The van der Waals surface area contributed by atoms with E-state index in [0.717, 1.165) is 11.1 Å². The summed E-state index contributed by atoms with van der Waals surface area (Å²) >= 11 is 0. The highest BCUT2D eigenvalue weighted by Crippen LogP contribution is 2.41. The van der Waals surface area contributed by atoms with Gasteiger partial charge in [0.2, 0.25) is 5.91 Å². The van der Waals surface area contributed by atoms with Gasteiger partial charge in [0.25, 0.3) is 0 Å². The molecule has 2 saturated heterocycles. The lowest BCUT2D eigenvalue weighted by atomic mass is 9.84. The molecule has 0 saturated carbocycles. The first-order valence-electron chi connectivity index (χ1n) is 10.7. The fourth-order valence-corrected chi connectivity index (χ4v) is 4.66. The lowest BCUT2D eigenvalue weighted by molar-refractivity contribution is -0.168. The molecule has 6 nitrogen and oxygen atoms in total. The molecule has 1 N–H and O–H groups in total. The molecule has 2 aliphatic rings. The number of hydrogen-bond donors (Lipinski definition) is 1. The largest absolute Gasteiger partial charge is 0.447 e. The summed E-state index contributed by atoms with van der Waals surface area (Å²) in [7, 11) is 0. The van der Waals surface area contributed by atoms with E-state index in [9.17, 15) is 14.7 Å². The molecule has 0 spiro atoms. The average Bonchev–Trinajstić information content (AvgIpc) is 3.22. The van der Waals surface area contributed by atoms with Crippen LogP contribution in [0, 0.1) is 0 Å². The molecule has 4 atom stereocenters. The fraction of sp³-hybridized carbons (Fsp3) is 0.231. The Morgan fingerprint density at radius 3 is 2.12 bits per heavy atom. The van der Waals surface area contributed by atoms with Gasteiger partial charge in [0, 0.05) is 6.54 Å². The predicted octanol–water partition coefficient (Wildman–Crippen LogP) is 3.69. The summed E-state index contributed by atoms with van der Waals surface area (Å²) in [5, 5.41) is 11.3. The molecule has 162 valence electrons. The zero-order valence-electron chi connectivity index (χ0n) is 17.5. The van der Waals surface area contributed by atoms with Gasteiger partial charge in [0.1, 0.15) is 18.8 Å². The Balaban J connectivity index is 1.49. The van der Waals surface area contributed by atoms with Gasteiger partial charge in [-0.3, -0.25) is 9.69 Å². The van der Waals surface area contributed by atoms with Crippen molar-refractivity contribution in [2.45, 2.75) is 30.8 Å². The molecule has 5 rings (SSSR count). The van der Waals surface area contributed by atoms with Gasteiger partial charge >= 0.3 is 6.09 Å². The van der Waals surface area contributed by atoms with Gasteiger partial charge in [0.05, 0.1) is 12.1 Å². The molecular formula is C26H24N2O4. The van der Waals surface area contributed by atoms with E-state index in [4.69, 9.17) is 4.74 Å². The second-order valence-corrected chi connectivity index (χ2v) is 8.15. The van der Waals surface area contributed by atoms with Gasteiger partial charge in [-0.15, -0.1) is 0 Å². The molecule has 6 heteroatoms. The molecule has 2 amide bonds. The van der Waals surface area contributed by atoms with E-state index in [1.54, 1.807) is 4.90 Å². The van der Waals surface area contributed by atoms with Crippen LogP contribution in [0.4, 0.5) is 4.79 Å². The van der Waals surface area contributed by atoms with Crippen molar-refractivity contribution in [2.75, 3.05) is 6.61 Å². The monoisotopic (exact) mass is 428 g/mol. The van der Waals surface area contributed by atoms with Crippen LogP contribution >= 0.6 is 0 Å². The van der Waals surface area contributed by atoms with E-state index in [1.165, 1.54) is 4.90 Å². The molecule has 3 aromatic carbocycles. The third kappa shape index (κ3) is 3.52. The van der Waals surface area contributed by atoms with E-state index >= 15 is 0 Å². The third-order valence-corrected chi connectivity index (χ3v) is 6.28. The van der Waals surface area contributed by atoms with Crippen LogP contribution in [0.2, 0.25) is 0 Å². The maximum absolute atomic E-state index is 13.4. The van der Waals surface area contributed by atoms with E-state index in [0.29, 0.717) is 12.1 Å². The highest BCUT2D eigenvalue weighted by molar-refractivity contribution is 5.93. The molecule has 2 aliphatic heterocycles. The number of rotatable bonds is 6. The Hall–Kier alpha value is -3.64. The standard InChI is InChI=1S/C26H24N2O4/c29-24(20-14-8-3-9-15-20)22-23(25(30)27(22)16-18-10-4-1-5-11-18)28-21(17-32-26(28)31)19-12-6-2-7-13-19/h1-15,21-24,29H,16-17H2/t21-,22-,23-,24-/m1/s1. The first-order valence-corrected chi connectivity index (χ1v) is 10.7. The van der Waals surface area contributed by atoms with E-state index in [-0.39, 0.29) is 18.6 Å². The van der Waals surface area contributed by atoms with E-state index in [1.807, 2.05) is 91.0 Å². The zero-order valence-corrected chi connectivity index (χ0v) is 17.5. The number of cyclic esters (lactones) is 1. The molecule has 0 aromatic heterocycles. The average molecular weight is 428 g/mol. The maximum Gasteiger partial charge on any atom is 0.411 e. The molecule has 32 heavy (non-hydrogen) atoms. The van der Waals surface area contributed by atoms with Crippen LogP contribution in [-0.2, 0) is 16.1 Å². The van der Waals surface area contributed by atoms with Crippen LogP contribution in [0.1, 0.15) is 28.8 Å². The number of aliphatic hydroxyl groups excluding tert-OH is 1. The van der Waals surface area contributed by atoms with Crippen LogP contribution in [0.3, 0.4) is 0 Å². The second-order valence-electron chi connectivity index (χ2n) is 8.15. The summed E-state index contributed by atoms with van der Waals surface area (Å²) in [5.74, 6) is -0.186. The van der Waals surface area contributed by atoms with Crippen molar-refractivity contribution in [1.82, 2.24) is 9.80 Å². The van der Waals surface area contributed by atoms with Crippen LogP contribution in [0.25, 0.3) is 0 Å². The van der Waals surface area contributed by atoms with Gasteiger partial charge in [-0.2, -0.15) is 0 Å². The number of ether oxygens (including phenoxy) is 1. The highest BCUT2D eigenvalue weighted by Gasteiger charge is 2.58. The number of likely N-dealkylation sites (tertiary alicyclic amines) is 1. The Morgan fingerprint density at radius 2 is 1.47 bits per heavy atom. The smallest absolute Gasteiger partial charge is 0.411 e. The quantitative estimate of drug-likeness (QED) is 0.608. The van der Waals surface area contributed by atoms with Gasteiger partial charge in [-0.1, -0.05) is 91.0 Å². The minimum absolute atomic E-state index is 0.180. The molecule has 2 heterocycles. The van der Waals surface area contributed by atoms with Crippen LogP contribution in [-0.4, -0.2) is 45.6 Å². The van der Waals surface area contributed by atoms with Crippen LogP contribution in [0.15, 0.2) is 91.0 Å². The first-order chi connectivity index (χ1) is 15.6. The Bertz CT molecular complexity index is 1090. The number of carbonyl (C=O) groups is 2. The lowest BCUT2D eigenvalue weighted by Crippen LogP contribution is -2.72. The molecule has 0 aliphatic carbocycles. The summed E-state index contributed by atoms with van der Waals surface area (Å²) in [6.07, 6.45) is -1.46. The Labute approximate surface area is 186 Å². The normalized spacial score (nSPS) is 23.6. The van der Waals surface area contributed by atoms with Gasteiger partial charge in [-0.25, -0.2) is 4.79 Å². The lowest BCUT2D eigenvalue weighted by Gasteiger charge is -2.52. The minimum atomic E-state index is -0.938. The Morgan fingerprint density at radius 1 is 0.875 bits per heavy atom. The molecule has 0 bridgehead atoms. The van der Waals surface area contributed by atoms with Crippen molar-refractivity contribution < 1.29 is 19.4 Å². The maximum atomic E-state index is 13.4. The van der Waals surface area contributed by atoms with Crippen molar-refractivity contribution in [1.29, 1.82) is 0 Å². The van der Waals surface area contributed by atoms with E-state index < -0.39 is 24.3 Å². The first kappa shape index (κ1) is 20.3. The Kier molecular flexibility index (Phi) is 5.37. The van der Waals surface area contributed by atoms with Crippen molar-refractivity contribution in [3.8, 4) is 0 Å². The molecule has 0 radical (unpaired) electrons. The SMILES string of the molecule is O=C1[C@H](N2C(=O)OC[C@@H]2c2ccccc2)[C@H]([C@H](O)c2ccccc2)N1Cc1ccccc1. The number of nitrogens with zero attached hydrogens (tertiary/aromatic N) is 2. The summed E-state index contributed by atoms with van der Waals surface area (Å²) in [6.45, 7) is 0.545. The van der Waals surface area contributed by atoms with Crippen molar-refractivity contribution in [2.24, 2.45) is 0 Å². The van der Waals surface area contributed by atoms with Crippen LogP contribution in [0.5, 0.6) is 0 Å². The van der Waals surface area contributed by atoms with Crippen molar-refractivity contribution in [3.05, 3.63) is 108 Å². The van der Waals surface area contributed by atoms with Crippen molar-refractivity contribution in [3.63, 3.8) is 0 Å². The summed E-state index contributed by atoms with van der Waals surface area (Å²) in [5.41, 5.74) is 2.57. The molecule has 2 fully saturated rings. The number of β-lactam (4-membered cyclic amide) rings is 1. The summed E-state index contributed by atoms with van der Waals surface area (Å²) < 4.78 is 5.36. The number of carbonyl (C=O) groups excluding carboxylic acids is 2. The van der Waals surface area contributed by atoms with Crippen molar-refractivity contribution >= 4 is 12.0 Å². The van der Waals surface area contributed by atoms with Gasteiger partial charge < -0.3 is 14.7 Å². The third-order valence-electron chi connectivity index (χ3n) is 6.28. The topological polar surface area (TPSA) is 70.1 Å². The minimum Gasteiger partial charge on any atom is -0.447 e. The number of amides is 2. The van der Waals surface area contributed by atoms with E-state index in [2.05, 4.69) is 0 Å². The van der Waals surface area contributed by atoms with Crippen LogP contribution < -0.4 is 0 Å². The van der Waals surface area contributed by atoms with Gasteiger partial charge in [0.15, 0.2) is 0 Å². The second kappa shape index (κ2) is 8.48. The molecular weight excluding hydrogens is 404 g/mol. The number of aliphatic hydroxyl groups is 1. The fourth-order valence-electron chi connectivity index (χ4n) is 4.66. The predicted molar refractivity (Wildman–Crippen MR) is 118 cm³/mol. The van der Waals surface area contributed by atoms with Gasteiger partial charge in [-0.05, 0) is 16.7 Å². The highest BCUT2D eigenvalue weighted by atomic mass is 16.6. The molecule has 3 aromatic rings. The summed E-state index contributed by atoms with van der Waals surface area (Å²) in [6, 6.07) is 26.7. The number of hydrogen-bond acceptors (Lipinski definition) is 4. The zero-order chi connectivity index (χ0) is 22.1.